The largest absolute Gasteiger partial charge is 0.383 e. The number of rotatable bonds is 8. The number of nitriles is 1. The van der Waals surface area contributed by atoms with Crippen LogP contribution in [-0.2, 0) is 24.1 Å². The van der Waals surface area contributed by atoms with E-state index in [4.69, 9.17) is 15.0 Å². The summed E-state index contributed by atoms with van der Waals surface area (Å²) in [6.07, 6.45) is 6.87. The lowest BCUT2D eigenvalue weighted by atomic mass is 9.97. The first kappa shape index (κ1) is 18.4. The minimum Gasteiger partial charge on any atom is -0.383 e. The van der Waals surface area contributed by atoms with Gasteiger partial charge in [-0.05, 0) is 44.1 Å². The van der Waals surface area contributed by atoms with Gasteiger partial charge in [-0.1, -0.05) is 11.8 Å². The third-order valence-corrected chi connectivity index (χ3v) is 6.72. The van der Waals surface area contributed by atoms with E-state index in [2.05, 4.69) is 6.07 Å². The highest BCUT2D eigenvalue weighted by molar-refractivity contribution is 7.99. The molecule has 0 N–H and O–H groups in total. The highest BCUT2D eigenvalue weighted by Gasteiger charge is 2.22. The van der Waals surface area contributed by atoms with Gasteiger partial charge in [-0.25, -0.2) is 4.98 Å². The Balaban J connectivity index is 1.93. The van der Waals surface area contributed by atoms with E-state index < -0.39 is 0 Å². The zero-order valence-corrected chi connectivity index (χ0v) is 16.2. The Kier molecular flexibility index (Phi) is 6.51. The number of aromatic nitrogens is 2. The van der Waals surface area contributed by atoms with Crippen molar-refractivity contribution in [1.82, 2.24) is 9.55 Å². The average Bonchev–Trinajstić information content (AvgIpc) is 2.99. The summed E-state index contributed by atoms with van der Waals surface area (Å²) in [6, 6.07) is 2.17. The number of unbranched alkanes of at least 4 members (excludes halogenated alkanes) is 2. The Hall–Kier alpha value is -1.36. The van der Waals surface area contributed by atoms with Crippen LogP contribution in [0.2, 0.25) is 0 Å². The molecule has 7 heteroatoms. The highest BCUT2D eigenvalue weighted by atomic mass is 32.2. The summed E-state index contributed by atoms with van der Waals surface area (Å²) in [5, 5.41) is 10.3. The summed E-state index contributed by atoms with van der Waals surface area (Å²) in [4.78, 5) is 20.2. The van der Waals surface area contributed by atoms with E-state index in [1.165, 1.54) is 16.9 Å². The Labute approximate surface area is 156 Å². The summed E-state index contributed by atoms with van der Waals surface area (Å²) in [6.45, 7) is 1.03. The van der Waals surface area contributed by atoms with E-state index in [0.29, 0.717) is 19.6 Å². The molecule has 134 valence electrons. The zero-order chi connectivity index (χ0) is 17.6. The number of nitrogens with zero attached hydrogens (tertiary/aromatic N) is 3. The molecular weight excluding hydrogens is 354 g/mol. The fraction of sp³-hybridized carbons (Fsp3) is 0.611. The summed E-state index contributed by atoms with van der Waals surface area (Å²) in [5.74, 6) is 0.873. The molecule has 2 heterocycles. The number of aryl methyl sites for hydroxylation is 2. The summed E-state index contributed by atoms with van der Waals surface area (Å²) in [7, 11) is 1.65. The van der Waals surface area contributed by atoms with Crippen molar-refractivity contribution in [3.63, 3.8) is 0 Å². The molecular formula is C18H23N3O2S2. The third kappa shape index (κ3) is 4.08. The molecule has 1 aliphatic carbocycles. The van der Waals surface area contributed by atoms with Gasteiger partial charge in [0.25, 0.3) is 5.56 Å². The van der Waals surface area contributed by atoms with E-state index >= 15 is 0 Å². The van der Waals surface area contributed by atoms with Gasteiger partial charge >= 0.3 is 0 Å². The number of hydrogen-bond donors (Lipinski definition) is 0. The van der Waals surface area contributed by atoms with Crippen LogP contribution in [0.1, 0.15) is 42.5 Å². The van der Waals surface area contributed by atoms with Crippen LogP contribution in [-0.4, -0.2) is 29.0 Å². The second-order valence-corrected chi connectivity index (χ2v) is 8.34. The lowest BCUT2D eigenvalue weighted by Crippen LogP contribution is -2.25. The van der Waals surface area contributed by atoms with Crippen LogP contribution in [0, 0.1) is 11.3 Å². The first-order valence-electron chi connectivity index (χ1n) is 8.80. The Morgan fingerprint density at radius 3 is 3.00 bits per heavy atom. The maximum absolute atomic E-state index is 13.1. The smallest absolute Gasteiger partial charge is 0.263 e. The maximum Gasteiger partial charge on any atom is 0.263 e. The van der Waals surface area contributed by atoms with Crippen LogP contribution in [0.5, 0.6) is 0 Å². The van der Waals surface area contributed by atoms with Crippen molar-refractivity contribution in [2.45, 2.75) is 56.6 Å². The second kappa shape index (κ2) is 8.84. The van der Waals surface area contributed by atoms with Crippen molar-refractivity contribution in [1.29, 1.82) is 5.26 Å². The van der Waals surface area contributed by atoms with Gasteiger partial charge in [0.2, 0.25) is 0 Å². The van der Waals surface area contributed by atoms with Gasteiger partial charge in [-0.3, -0.25) is 9.36 Å². The van der Waals surface area contributed by atoms with E-state index in [1.54, 1.807) is 34.8 Å². The van der Waals surface area contributed by atoms with Crippen LogP contribution < -0.4 is 5.56 Å². The molecule has 0 unspecified atom stereocenters. The van der Waals surface area contributed by atoms with E-state index in [1.807, 2.05) is 0 Å². The van der Waals surface area contributed by atoms with Crippen molar-refractivity contribution in [3.05, 3.63) is 20.8 Å². The fourth-order valence-electron chi connectivity index (χ4n) is 3.18. The molecule has 0 amide bonds. The predicted octanol–water partition coefficient (Wildman–Crippen LogP) is 3.77. The monoisotopic (exact) mass is 377 g/mol. The molecule has 0 radical (unpaired) electrons. The van der Waals surface area contributed by atoms with Crippen LogP contribution in [0.15, 0.2) is 9.95 Å². The van der Waals surface area contributed by atoms with Crippen molar-refractivity contribution < 1.29 is 4.74 Å². The van der Waals surface area contributed by atoms with Gasteiger partial charge in [-0.2, -0.15) is 5.26 Å². The molecule has 2 aromatic rings. The topological polar surface area (TPSA) is 67.9 Å². The molecule has 0 bridgehead atoms. The average molecular weight is 378 g/mol. The molecule has 5 nitrogen and oxygen atoms in total. The van der Waals surface area contributed by atoms with Crippen molar-refractivity contribution in [2.75, 3.05) is 19.5 Å². The van der Waals surface area contributed by atoms with Crippen LogP contribution >= 0.6 is 23.1 Å². The van der Waals surface area contributed by atoms with E-state index in [-0.39, 0.29) is 5.56 Å². The molecule has 25 heavy (non-hydrogen) atoms. The molecule has 0 saturated carbocycles. The van der Waals surface area contributed by atoms with Gasteiger partial charge in [0.15, 0.2) is 5.16 Å². The lowest BCUT2D eigenvalue weighted by Gasteiger charge is -2.13. The Morgan fingerprint density at radius 1 is 1.36 bits per heavy atom. The quantitative estimate of drug-likeness (QED) is 0.398. The minimum atomic E-state index is 0.0842. The summed E-state index contributed by atoms with van der Waals surface area (Å²) >= 11 is 3.31. The molecule has 0 aromatic carbocycles. The van der Waals surface area contributed by atoms with Gasteiger partial charge in [-0.15, -0.1) is 11.3 Å². The zero-order valence-electron chi connectivity index (χ0n) is 14.5. The molecule has 1 aliphatic rings. The molecule has 0 fully saturated rings. The van der Waals surface area contributed by atoms with Gasteiger partial charge in [0.1, 0.15) is 4.83 Å². The normalized spacial score (nSPS) is 13.8. The summed E-state index contributed by atoms with van der Waals surface area (Å²) in [5.41, 5.74) is 1.32. The number of methoxy groups -OCH3 is 1. The first-order valence-corrected chi connectivity index (χ1v) is 10.6. The number of thiophene rings is 1. The van der Waals surface area contributed by atoms with Crippen molar-refractivity contribution >= 4 is 33.3 Å². The van der Waals surface area contributed by atoms with Gasteiger partial charge < -0.3 is 4.74 Å². The minimum absolute atomic E-state index is 0.0842. The highest BCUT2D eigenvalue weighted by Crippen LogP contribution is 2.34. The standard InChI is InChI=1S/C18H23N3O2S2/c1-23-11-10-21-17(22)15-13-7-3-4-8-14(13)25-16(15)20-18(21)24-12-6-2-5-9-19/h2-8,10-12H2,1H3. The molecule has 2 aromatic heterocycles. The van der Waals surface area contributed by atoms with Crippen LogP contribution in [0.3, 0.4) is 0 Å². The molecule has 0 saturated heterocycles. The number of thioether (sulfide) groups is 1. The van der Waals surface area contributed by atoms with E-state index in [9.17, 15) is 4.79 Å². The fourth-order valence-corrected chi connectivity index (χ4v) is 5.51. The molecule has 0 aliphatic heterocycles. The SMILES string of the molecule is COCCn1c(SCCCCC#N)nc2sc3c(c2c1=O)CCCC3. The lowest BCUT2D eigenvalue weighted by molar-refractivity contribution is 0.183. The molecule has 3 rings (SSSR count). The van der Waals surface area contributed by atoms with Crippen molar-refractivity contribution in [3.8, 4) is 6.07 Å². The van der Waals surface area contributed by atoms with Crippen LogP contribution in [0.4, 0.5) is 0 Å². The molecule has 0 atom stereocenters. The van der Waals surface area contributed by atoms with E-state index in [0.717, 1.165) is 53.2 Å². The summed E-state index contributed by atoms with van der Waals surface area (Å²) < 4.78 is 6.97. The molecule has 0 spiro atoms. The number of ether oxygens (including phenoxy) is 1. The maximum atomic E-state index is 13.1. The van der Waals surface area contributed by atoms with Gasteiger partial charge in [0, 0.05) is 24.2 Å². The predicted molar refractivity (Wildman–Crippen MR) is 103 cm³/mol. The number of fused-ring (bicyclic) bond motifs is 3. The third-order valence-electron chi connectivity index (χ3n) is 4.47. The van der Waals surface area contributed by atoms with Crippen LogP contribution in [0.25, 0.3) is 10.2 Å². The second-order valence-electron chi connectivity index (χ2n) is 6.20. The Bertz CT molecular complexity index is 835. The Morgan fingerprint density at radius 2 is 2.20 bits per heavy atom. The number of hydrogen-bond acceptors (Lipinski definition) is 6. The van der Waals surface area contributed by atoms with Gasteiger partial charge in [0.05, 0.1) is 24.6 Å². The van der Waals surface area contributed by atoms with Crippen molar-refractivity contribution in [2.24, 2.45) is 0 Å². The first-order chi connectivity index (χ1) is 12.3.